The van der Waals surface area contributed by atoms with E-state index < -0.39 is 0 Å². The minimum atomic E-state index is -0.249. The maximum atomic E-state index is 12.0. The number of benzene rings is 1. The molecule has 0 saturated carbocycles. The highest BCUT2D eigenvalue weighted by atomic mass is 35.5. The average Bonchev–Trinajstić information content (AvgIpc) is 2.79. The van der Waals surface area contributed by atoms with Crippen molar-refractivity contribution in [2.75, 3.05) is 31.3 Å². The molecule has 1 aliphatic rings. The summed E-state index contributed by atoms with van der Waals surface area (Å²) in [4.78, 5) is 24.9. The molecule has 0 aromatic heterocycles. The van der Waals surface area contributed by atoms with Crippen LogP contribution in [0.5, 0.6) is 5.75 Å². The number of ether oxygens (including phenoxy) is 1. The molecule has 20 heavy (non-hydrogen) atoms. The number of carbonyl (C=O) groups is 2. The summed E-state index contributed by atoms with van der Waals surface area (Å²) in [5.41, 5.74) is 1.40. The zero-order chi connectivity index (χ0) is 14.7. The lowest BCUT2D eigenvalue weighted by Gasteiger charge is -2.16. The minimum absolute atomic E-state index is 0.0522. The van der Waals surface area contributed by atoms with Crippen LogP contribution in [0.1, 0.15) is 5.56 Å². The van der Waals surface area contributed by atoms with Crippen molar-refractivity contribution in [1.29, 1.82) is 0 Å². The maximum absolute atomic E-state index is 12.0. The molecule has 7 heteroatoms. The molecule has 0 radical (unpaired) electrons. The number of nitrogens with zero attached hydrogens (tertiary/aromatic N) is 1. The maximum Gasteiger partial charge on any atom is 0.282 e. The zero-order valence-electron chi connectivity index (χ0n) is 11.2. The largest absolute Gasteiger partial charge is 0.495 e. The van der Waals surface area contributed by atoms with E-state index in [-0.39, 0.29) is 17.7 Å². The van der Waals surface area contributed by atoms with E-state index in [2.05, 4.69) is 5.32 Å². The Morgan fingerprint density at radius 2 is 2.30 bits per heavy atom. The number of halogens is 1. The third-order valence-electron chi connectivity index (χ3n) is 2.93. The van der Waals surface area contributed by atoms with E-state index in [1.54, 1.807) is 12.1 Å². The number of thioether (sulfide) groups is 1. The summed E-state index contributed by atoms with van der Waals surface area (Å²) in [7, 11) is 1.51. The summed E-state index contributed by atoms with van der Waals surface area (Å²) in [5, 5.41) is 3.27. The van der Waals surface area contributed by atoms with Crippen LogP contribution in [-0.2, 0) is 4.79 Å². The lowest BCUT2D eigenvalue weighted by Crippen LogP contribution is -2.33. The van der Waals surface area contributed by atoms with Crippen molar-refractivity contribution in [3.05, 3.63) is 22.7 Å². The van der Waals surface area contributed by atoms with Gasteiger partial charge in [0.15, 0.2) is 0 Å². The number of rotatable bonds is 4. The van der Waals surface area contributed by atoms with Gasteiger partial charge >= 0.3 is 0 Å². The summed E-state index contributed by atoms with van der Waals surface area (Å²) in [5.74, 6) is 0.979. The molecule has 1 saturated heterocycles. The number of amides is 2. The summed E-state index contributed by atoms with van der Waals surface area (Å²) in [6, 6.07) is 3.41. The van der Waals surface area contributed by atoms with Crippen LogP contribution >= 0.6 is 23.4 Å². The van der Waals surface area contributed by atoms with Crippen LogP contribution in [0, 0.1) is 6.92 Å². The van der Waals surface area contributed by atoms with Crippen LogP contribution in [0.3, 0.4) is 0 Å². The summed E-state index contributed by atoms with van der Waals surface area (Å²) >= 11 is 7.24. The van der Waals surface area contributed by atoms with Crippen molar-refractivity contribution in [2.45, 2.75) is 6.92 Å². The molecule has 1 aliphatic heterocycles. The van der Waals surface area contributed by atoms with E-state index in [0.717, 1.165) is 11.3 Å². The van der Waals surface area contributed by atoms with Gasteiger partial charge in [-0.1, -0.05) is 23.4 Å². The third kappa shape index (κ3) is 3.37. The standard InChI is InChI=1S/C13H15ClN2O3S/c1-8-5-10(11(19-2)6-9(8)14)15-12(17)7-16-3-4-20-13(16)18/h5-6H,3-4,7H2,1-2H3,(H,15,17). The second-order valence-corrected chi connectivity index (χ2v) is 5.84. The normalized spacial score (nSPS) is 14.6. The molecule has 1 aromatic rings. The van der Waals surface area contributed by atoms with Crippen molar-refractivity contribution in [3.63, 3.8) is 0 Å². The number of hydrogen-bond donors (Lipinski definition) is 1. The predicted molar refractivity (Wildman–Crippen MR) is 80.8 cm³/mol. The number of anilines is 1. The average molecular weight is 315 g/mol. The van der Waals surface area contributed by atoms with Gasteiger partial charge in [-0.15, -0.1) is 0 Å². The number of nitrogens with one attached hydrogen (secondary N) is 1. The van der Waals surface area contributed by atoms with Gasteiger partial charge in [0.05, 0.1) is 12.8 Å². The number of aryl methyl sites for hydroxylation is 1. The monoisotopic (exact) mass is 314 g/mol. The Hall–Kier alpha value is -1.40. The molecule has 0 aliphatic carbocycles. The quantitative estimate of drug-likeness (QED) is 0.928. The molecule has 0 unspecified atom stereocenters. The lowest BCUT2D eigenvalue weighted by atomic mass is 10.2. The predicted octanol–water partition coefficient (Wildman–Crippen LogP) is 2.76. The molecule has 2 amide bonds. The van der Waals surface area contributed by atoms with Crippen LogP contribution in [0.2, 0.25) is 5.02 Å². The number of carbonyl (C=O) groups excluding carboxylic acids is 2. The second-order valence-electron chi connectivity index (χ2n) is 4.39. The van der Waals surface area contributed by atoms with Crippen LogP contribution in [-0.4, -0.2) is 42.0 Å². The first kappa shape index (κ1) is 15.0. The van der Waals surface area contributed by atoms with Gasteiger partial charge in [-0.2, -0.15) is 0 Å². The Morgan fingerprint density at radius 1 is 1.55 bits per heavy atom. The Morgan fingerprint density at radius 3 is 2.90 bits per heavy atom. The summed E-state index contributed by atoms with van der Waals surface area (Å²) in [6.45, 7) is 2.50. The first-order valence-corrected chi connectivity index (χ1v) is 7.43. The van der Waals surface area contributed by atoms with Gasteiger partial charge in [-0.05, 0) is 18.6 Å². The van der Waals surface area contributed by atoms with E-state index in [9.17, 15) is 9.59 Å². The van der Waals surface area contributed by atoms with Gasteiger partial charge in [-0.3, -0.25) is 9.59 Å². The minimum Gasteiger partial charge on any atom is -0.495 e. The highest BCUT2D eigenvalue weighted by Gasteiger charge is 2.23. The molecule has 0 spiro atoms. The fourth-order valence-corrected chi connectivity index (χ4v) is 2.84. The molecule has 0 atom stereocenters. The van der Waals surface area contributed by atoms with Gasteiger partial charge in [0.1, 0.15) is 12.3 Å². The highest BCUT2D eigenvalue weighted by molar-refractivity contribution is 8.13. The summed E-state index contributed by atoms with van der Waals surface area (Å²) < 4.78 is 5.19. The first-order chi connectivity index (χ1) is 9.51. The zero-order valence-corrected chi connectivity index (χ0v) is 12.8. The van der Waals surface area contributed by atoms with E-state index in [4.69, 9.17) is 16.3 Å². The van der Waals surface area contributed by atoms with Gasteiger partial charge in [-0.25, -0.2) is 0 Å². The van der Waals surface area contributed by atoms with E-state index in [1.165, 1.54) is 23.8 Å². The Balaban J connectivity index is 2.07. The SMILES string of the molecule is COc1cc(Cl)c(C)cc1NC(=O)CN1CCSC1=O. The number of hydrogen-bond acceptors (Lipinski definition) is 4. The van der Waals surface area contributed by atoms with Crippen molar-refractivity contribution in [3.8, 4) is 5.75 Å². The molecule has 2 rings (SSSR count). The smallest absolute Gasteiger partial charge is 0.282 e. The van der Waals surface area contributed by atoms with Gasteiger partial charge < -0.3 is 15.0 Å². The Kier molecular flexibility index (Phi) is 4.77. The molecule has 1 N–H and O–H groups in total. The van der Waals surface area contributed by atoms with Gasteiger partial charge in [0.2, 0.25) is 5.91 Å². The van der Waals surface area contributed by atoms with Crippen LogP contribution < -0.4 is 10.1 Å². The molecule has 108 valence electrons. The lowest BCUT2D eigenvalue weighted by molar-refractivity contribution is -0.116. The van der Waals surface area contributed by atoms with E-state index in [1.807, 2.05) is 6.92 Å². The topological polar surface area (TPSA) is 58.6 Å². The molecule has 1 aromatic carbocycles. The molecule has 5 nitrogen and oxygen atoms in total. The van der Waals surface area contributed by atoms with Crippen LogP contribution in [0.4, 0.5) is 10.5 Å². The summed E-state index contributed by atoms with van der Waals surface area (Å²) in [6.07, 6.45) is 0. The molecular weight excluding hydrogens is 300 g/mol. The van der Waals surface area contributed by atoms with Gasteiger partial charge in [0, 0.05) is 23.4 Å². The van der Waals surface area contributed by atoms with Crippen molar-refractivity contribution < 1.29 is 14.3 Å². The first-order valence-electron chi connectivity index (χ1n) is 6.07. The van der Waals surface area contributed by atoms with Crippen molar-refractivity contribution in [1.82, 2.24) is 4.90 Å². The third-order valence-corrected chi connectivity index (χ3v) is 4.23. The van der Waals surface area contributed by atoms with Gasteiger partial charge in [0.25, 0.3) is 5.24 Å². The van der Waals surface area contributed by atoms with Crippen molar-refractivity contribution in [2.24, 2.45) is 0 Å². The van der Waals surface area contributed by atoms with Crippen LogP contribution in [0.25, 0.3) is 0 Å². The molecule has 1 fully saturated rings. The molecule has 0 bridgehead atoms. The molecular formula is C13H15ClN2O3S. The molecule has 1 heterocycles. The van der Waals surface area contributed by atoms with E-state index >= 15 is 0 Å². The second kappa shape index (κ2) is 6.37. The Labute approximate surface area is 126 Å². The van der Waals surface area contributed by atoms with Crippen LogP contribution in [0.15, 0.2) is 12.1 Å². The number of methoxy groups -OCH3 is 1. The Bertz CT molecular complexity index is 551. The fourth-order valence-electron chi connectivity index (χ4n) is 1.86. The van der Waals surface area contributed by atoms with E-state index in [0.29, 0.717) is 23.0 Å². The van der Waals surface area contributed by atoms with Crippen molar-refractivity contribution >= 4 is 40.2 Å². The highest BCUT2D eigenvalue weighted by Crippen LogP contribution is 2.31. The fraction of sp³-hybridized carbons (Fsp3) is 0.385.